The van der Waals surface area contributed by atoms with Crippen LogP contribution in [0.4, 0.5) is 0 Å². The summed E-state index contributed by atoms with van der Waals surface area (Å²) >= 11 is 0. The number of nitrogens with one attached hydrogen (secondary N) is 1. The van der Waals surface area contributed by atoms with Crippen LogP contribution in [-0.2, 0) is 6.54 Å². The van der Waals surface area contributed by atoms with Crippen molar-refractivity contribution in [3.05, 3.63) is 11.7 Å². The van der Waals surface area contributed by atoms with Crippen LogP contribution in [0.5, 0.6) is 0 Å². The molecule has 0 saturated carbocycles. The molecule has 2 atom stereocenters. The van der Waals surface area contributed by atoms with Crippen LogP contribution in [0.15, 0.2) is 4.52 Å². The number of likely N-dealkylation sites (tertiary alicyclic amines) is 1. The summed E-state index contributed by atoms with van der Waals surface area (Å²) in [7, 11) is 0. The summed E-state index contributed by atoms with van der Waals surface area (Å²) in [5, 5.41) is 7.71. The van der Waals surface area contributed by atoms with Crippen LogP contribution in [0.25, 0.3) is 0 Å². The Morgan fingerprint density at radius 3 is 2.94 bits per heavy atom. The molecule has 0 aliphatic carbocycles. The molecule has 2 aliphatic heterocycles. The van der Waals surface area contributed by atoms with Gasteiger partial charge in [-0.15, -0.1) is 0 Å². The fourth-order valence-electron chi connectivity index (χ4n) is 2.92. The molecular weight excluding hydrogens is 228 g/mol. The highest BCUT2D eigenvalue weighted by Crippen LogP contribution is 2.21. The number of aromatic nitrogens is 2. The fraction of sp³-hybridized carbons (Fsp3) is 0.846. The highest BCUT2D eigenvalue weighted by atomic mass is 16.5. The molecule has 100 valence electrons. The summed E-state index contributed by atoms with van der Waals surface area (Å²) in [5.41, 5.74) is 0. The van der Waals surface area contributed by atoms with Crippen molar-refractivity contribution in [1.29, 1.82) is 0 Å². The number of fused-ring (bicyclic) bond motifs is 2. The average Bonchev–Trinajstić information content (AvgIpc) is 2.89. The predicted molar refractivity (Wildman–Crippen MR) is 68.2 cm³/mol. The molecule has 0 spiro atoms. The van der Waals surface area contributed by atoms with E-state index in [-0.39, 0.29) is 0 Å². The second-order valence-corrected chi connectivity index (χ2v) is 5.86. The van der Waals surface area contributed by atoms with Gasteiger partial charge in [-0.1, -0.05) is 19.0 Å². The van der Waals surface area contributed by atoms with Gasteiger partial charge >= 0.3 is 0 Å². The Kier molecular flexibility index (Phi) is 3.35. The zero-order valence-corrected chi connectivity index (χ0v) is 11.2. The molecule has 2 saturated heterocycles. The Labute approximate surface area is 108 Å². The Morgan fingerprint density at radius 1 is 1.33 bits per heavy atom. The van der Waals surface area contributed by atoms with Crippen molar-refractivity contribution in [2.45, 2.75) is 57.7 Å². The van der Waals surface area contributed by atoms with Crippen molar-refractivity contribution in [2.24, 2.45) is 0 Å². The van der Waals surface area contributed by atoms with Crippen molar-refractivity contribution in [2.75, 3.05) is 13.1 Å². The highest BCUT2D eigenvalue weighted by Gasteiger charge is 2.29. The van der Waals surface area contributed by atoms with Crippen LogP contribution in [-0.4, -0.2) is 40.2 Å². The molecule has 5 nitrogen and oxygen atoms in total. The third kappa shape index (κ3) is 2.57. The van der Waals surface area contributed by atoms with Crippen LogP contribution >= 0.6 is 0 Å². The smallest absolute Gasteiger partial charge is 0.240 e. The first-order valence-corrected chi connectivity index (χ1v) is 7.01. The highest BCUT2D eigenvalue weighted by molar-refractivity contribution is 4.94. The van der Waals surface area contributed by atoms with Crippen molar-refractivity contribution in [1.82, 2.24) is 20.4 Å². The van der Waals surface area contributed by atoms with E-state index >= 15 is 0 Å². The van der Waals surface area contributed by atoms with Gasteiger partial charge in [-0.2, -0.15) is 4.98 Å². The summed E-state index contributed by atoms with van der Waals surface area (Å²) in [4.78, 5) is 6.90. The first kappa shape index (κ1) is 12.1. The van der Waals surface area contributed by atoms with E-state index in [1.165, 1.54) is 19.3 Å². The van der Waals surface area contributed by atoms with Gasteiger partial charge in [-0.3, -0.25) is 4.90 Å². The lowest BCUT2D eigenvalue weighted by atomic mass is 10.1. The molecule has 2 unspecified atom stereocenters. The van der Waals surface area contributed by atoms with E-state index in [2.05, 4.69) is 34.2 Å². The van der Waals surface area contributed by atoms with Gasteiger partial charge in [-0.05, 0) is 19.3 Å². The minimum absolute atomic E-state index is 0.337. The number of hydrogen-bond acceptors (Lipinski definition) is 5. The molecule has 1 N–H and O–H groups in total. The van der Waals surface area contributed by atoms with Gasteiger partial charge in [0.15, 0.2) is 5.82 Å². The molecule has 0 amide bonds. The van der Waals surface area contributed by atoms with Crippen molar-refractivity contribution < 1.29 is 4.52 Å². The SMILES string of the molecule is CC(C)c1noc(CN2CCC3CCC(C2)N3)n1. The Balaban J connectivity index is 1.61. The van der Waals surface area contributed by atoms with E-state index in [0.29, 0.717) is 12.0 Å². The second kappa shape index (κ2) is 4.97. The zero-order valence-electron chi connectivity index (χ0n) is 11.2. The predicted octanol–water partition coefficient (Wildman–Crippen LogP) is 1.52. The van der Waals surface area contributed by atoms with Crippen LogP contribution in [0, 0.1) is 0 Å². The summed E-state index contributed by atoms with van der Waals surface area (Å²) in [6.45, 7) is 7.21. The quantitative estimate of drug-likeness (QED) is 0.881. The second-order valence-electron chi connectivity index (χ2n) is 5.86. The molecule has 3 rings (SSSR count). The Bertz CT molecular complexity index is 403. The molecule has 2 aliphatic rings. The minimum Gasteiger partial charge on any atom is -0.338 e. The monoisotopic (exact) mass is 250 g/mol. The van der Waals surface area contributed by atoms with E-state index in [1.54, 1.807) is 0 Å². The maximum absolute atomic E-state index is 5.33. The fourth-order valence-corrected chi connectivity index (χ4v) is 2.92. The summed E-state index contributed by atoms with van der Waals surface area (Å²) in [5.74, 6) is 1.92. The number of rotatable bonds is 3. The molecule has 2 bridgehead atoms. The molecular formula is C13H22N4O. The van der Waals surface area contributed by atoms with Crippen molar-refractivity contribution in [3.63, 3.8) is 0 Å². The van der Waals surface area contributed by atoms with E-state index < -0.39 is 0 Å². The summed E-state index contributed by atoms with van der Waals surface area (Å²) in [6.07, 6.45) is 3.89. The third-order valence-electron chi connectivity index (χ3n) is 3.97. The van der Waals surface area contributed by atoms with Gasteiger partial charge in [0.05, 0.1) is 6.54 Å². The standard InChI is InChI=1S/C13H22N4O/c1-9(2)13-15-12(18-16-13)8-17-6-5-10-3-4-11(7-17)14-10/h9-11,14H,3-8H2,1-2H3. The number of hydrogen-bond donors (Lipinski definition) is 1. The van der Waals surface area contributed by atoms with Gasteiger partial charge in [0.2, 0.25) is 5.89 Å². The molecule has 2 fully saturated rings. The van der Waals surface area contributed by atoms with Gasteiger partial charge in [0.25, 0.3) is 0 Å². The average molecular weight is 250 g/mol. The van der Waals surface area contributed by atoms with Gasteiger partial charge in [-0.25, -0.2) is 0 Å². The van der Waals surface area contributed by atoms with Crippen LogP contribution < -0.4 is 5.32 Å². The van der Waals surface area contributed by atoms with E-state index in [9.17, 15) is 0 Å². The molecule has 1 aromatic heterocycles. The molecule has 0 aromatic carbocycles. The van der Waals surface area contributed by atoms with Crippen molar-refractivity contribution >= 4 is 0 Å². The Hall–Kier alpha value is -0.940. The maximum Gasteiger partial charge on any atom is 0.240 e. The molecule has 3 heterocycles. The lowest BCUT2D eigenvalue weighted by molar-refractivity contribution is 0.216. The summed E-state index contributed by atoms with van der Waals surface area (Å²) < 4.78 is 5.33. The van der Waals surface area contributed by atoms with Gasteiger partial charge < -0.3 is 9.84 Å². The van der Waals surface area contributed by atoms with Crippen LogP contribution in [0.3, 0.4) is 0 Å². The van der Waals surface area contributed by atoms with Crippen molar-refractivity contribution in [3.8, 4) is 0 Å². The lowest BCUT2D eigenvalue weighted by Crippen LogP contribution is -2.35. The van der Waals surface area contributed by atoms with Crippen LogP contribution in [0.1, 0.15) is 50.7 Å². The number of nitrogens with zero attached hydrogens (tertiary/aromatic N) is 3. The summed E-state index contributed by atoms with van der Waals surface area (Å²) in [6, 6.07) is 1.39. The maximum atomic E-state index is 5.33. The molecule has 1 aromatic rings. The van der Waals surface area contributed by atoms with Gasteiger partial charge in [0, 0.05) is 31.1 Å². The van der Waals surface area contributed by atoms with Gasteiger partial charge in [0.1, 0.15) is 0 Å². The largest absolute Gasteiger partial charge is 0.338 e. The first-order chi connectivity index (χ1) is 8.70. The normalized spacial score (nSPS) is 28.8. The van der Waals surface area contributed by atoms with E-state index in [0.717, 1.165) is 37.4 Å². The topological polar surface area (TPSA) is 54.2 Å². The third-order valence-corrected chi connectivity index (χ3v) is 3.97. The van der Waals surface area contributed by atoms with Crippen LogP contribution in [0.2, 0.25) is 0 Å². The first-order valence-electron chi connectivity index (χ1n) is 7.01. The molecule has 18 heavy (non-hydrogen) atoms. The van der Waals surface area contributed by atoms with E-state index in [1.807, 2.05) is 0 Å². The molecule has 5 heteroatoms. The lowest BCUT2D eigenvalue weighted by Gasteiger charge is -2.21. The Morgan fingerprint density at radius 2 is 2.17 bits per heavy atom. The zero-order chi connectivity index (χ0) is 12.5. The minimum atomic E-state index is 0.337. The van der Waals surface area contributed by atoms with E-state index in [4.69, 9.17) is 4.52 Å². The molecule has 0 radical (unpaired) electrons.